The molecule has 1 N–H and O–H groups in total. The molecule has 0 atom stereocenters. The zero-order chi connectivity index (χ0) is 18.4. The standard InChI is InChI=1S/C21H25BrN2O2/c1-2-26-20-9-8-17(22)14-19(20)21(25)23-18-10-12-24(13-11-18)15-16-6-4-3-5-7-16/h3-9,14,18H,2,10-13,15H2,1H3,(H,23,25). The Balaban J connectivity index is 1.54. The highest BCUT2D eigenvalue weighted by atomic mass is 79.9. The van der Waals surface area contributed by atoms with E-state index in [-0.39, 0.29) is 11.9 Å². The molecule has 0 saturated carbocycles. The minimum Gasteiger partial charge on any atom is -0.493 e. The smallest absolute Gasteiger partial charge is 0.255 e. The third-order valence-corrected chi connectivity index (χ3v) is 5.15. The Morgan fingerprint density at radius 1 is 1.19 bits per heavy atom. The SMILES string of the molecule is CCOc1ccc(Br)cc1C(=O)NC1CCN(Cc2ccccc2)CC1. The fraction of sp³-hybridized carbons (Fsp3) is 0.381. The molecule has 1 heterocycles. The van der Waals surface area contributed by atoms with Crippen molar-refractivity contribution in [3.63, 3.8) is 0 Å². The van der Waals surface area contributed by atoms with E-state index >= 15 is 0 Å². The molecule has 1 fully saturated rings. The van der Waals surface area contributed by atoms with Gasteiger partial charge in [0, 0.05) is 30.1 Å². The van der Waals surface area contributed by atoms with Crippen LogP contribution in [0.5, 0.6) is 5.75 Å². The number of likely N-dealkylation sites (tertiary alicyclic amines) is 1. The van der Waals surface area contributed by atoms with Crippen LogP contribution in [0.4, 0.5) is 0 Å². The second kappa shape index (κ2) is 9.19. The largest absolute Gasteiger partial charge is 0.493 e. The number of hydrogen-bond donors (Lipinski definition) is 1. The van der Waals surface area contributed by atoms with Crippen molar-refractivity contribution in [1.29, 1.82) is 0 Å². The Morgan fingerprint density at radius 2 is 1.92 bits per heavy atom. The van der Waals surface area contributed by atoms with Crippen LogP contribution >= 0.6 is 15.9 Å². The lowest BCUT2D eigenvalue weighted by atomic mass is 10.0. The van der Waals surface area contributed by atoms with Gasteiger partial charge in [0.15, 0.2) is 0 Å². The third-order valence-electron chi connectivity index (χ3n) is 4.66. The van der Waals surface area contributed by atoms with Gasteiger partial charge in [-0.25, -0.2) is 0 Å². The predicted molar refractivity (Wildman–Crippen MR) is 108 cm³/mol. The van der Waals surface area contributed by atoms with E-state index in [1.165, 1.54) is 5.56 Å². The maximum atomic E-state index is 12.7. The molecule has 26 heavy (non-hydrogen) atoms. The number of piperidine rings is 1. The summed E-state index contributed by atoms with van der Waals surface area (Å²) in [6.45, 7) is 5.43. The van der Waals surface area contributed by atoms with Gasteiger partial charge in [0.1, 0.15) is 5.75 Å². The minimum atomic E-state index is -0.0590. The first-order chi connectivity index (χ1) is 12.7. The van der Waals surface area contributed by atoms with Gasteiger partial charge in [0.05, 0.1) is 12.2 Å². The number of benzene rings is 2. The lowest BCUT2D eigenvalue weighted by Crippen LogP contribution is -2.44. The van der Waals surface area contributed by atoms with E-state index in [4.69, 9.17) is 4.74 Å². The van der Waals surface area contributed by atoms with Gasteiger partial charge in [-0.15, -0.1) is 0 Å². The summed E-state index contributed by atoms with van der Waals surface area (Å²) in [5.74, 6) is 0.575. The predicted octanol–water partition coefficient (Wildman–Crippen LogP) is 4.24. The van der Waals surface area contributed by atoms with Crippen LogP contribution in [0.1, 0.15) is 35.7 Å². The summed E-state index contributed by atoms with van der Waals surface area (Å²) in [4.78, 5) is 15.2. The number of hydrogen-bond acceptors (Lipinski definition) is 3. The van der Waals surface area contributed by atoms with Crippen molar-refractivity contribution < 1.29 is 9.53 Å². The Kier molecular flexibility index (Phi) is 6.69. The van der Waals surface area contributed by atoms with Crippen molar-refractivity contribution in [1.82, 2.24) is 10.2 Å². The topological polar surface area (TPSA) is 41.6 Å². The van der Waals surface area contributed by atoms with Crippen molar-refractivity contribution in [3.8, 4) is 5.75 Å². The summed E-state index contributed by atoms with van der Waals surface area (Å²) >= 11 is 3.44. The first kappa shape index (κ1) is 18.9. The second-order valence-electron chi connectivity index (χ2n) is 6.58. The summed E-state index contributed by atoms with van der Waals surface area (Å²) in [5.41, 5.74) is 1.93. The van der Waals surface area contributed by atoms with Crippen LogP contribution in [0, 0.1) is 0 Å². The van der Waals surface area contributed by atoms with Crippen molar-refractivity contribution in [2.75, 3.05) is 19.7 Å². The molecule has 2 aromatic carbocycles. The number of carbonyl (C=O) groups excluding carboxylic acids is 1. The summed E-state index contributed by atoms with van der Waals surface area (Å²) in [6.07, 6.45) is 1.94. The third kappa shape index (κ3) is 5.08. The van der Waals surface area contributed by atoms with E-state index in [0.717, 1.165) is 36.9 Å². The van der Waals surface area contributed by atoms with Gasteiger partial charge in [-0.1, -0.05) is 46.3 Å². The van der Waals surface area contributed by atoms with Crippen LogP contribution in [-0.2, 0) is 6.54 Å². The highest BCUT2D eigenvalue weighted by Crippen LogP contribution is 2.24. The molecule has 0 aliphatic carbocycles. The molecular weight excluding hydrogens is 392 g/mol. The molecule has 1 saturated heterocycles. The fourth-order valence-corrected chi connectivity index (χ4v) is 3.66. The number of rotatable bonds is 6. The molecule has 3 rings (SSSR count). The zero-order valence-electron chi connectivity index (χ0n) is 15.1. The molecule has 1 aliphatic heterocycles. The highest BCUT2D eigenvalue weighted by Gasteiger charge is 2.22. The van der Waals surface area contributed by atoms with E-state index in [9.17, 15) is 4.79 Å². The van der Waals surface area contributed by atoms with Crippen LogP contribution in [0.25, 0.3) is 0 Å². The van der Waals surface area contributed by atoms with Crippen molar-refractivity contribution in [2.24, 2.45) is 0 Å². The number of nitrogens with zero attached hydrogens (tertiary/aromatic N) is 1. The maximum Gasteiger partial charge on any atom is 0.255 e. The van der Waals surface area contributed by atoms with Crippen LogP contribution in [0.15, 0.2) is 53.0 Å². The van der Waals surface area contributed by atoms with Gasteiger partial charge in [0.25, 0.3) is 5.91 Å². The maximum absolute atomic E-state index is 12.7. The van der Waals surface area contributed by atoms with E-state index < -0.39 is 0 Å². The van der Waals surface area contributed by atoms with Crippen LogP contribution < -0.4 is 10.1 Å². The summed E-state index contributed by atoms with van der Waals surface area (Å²) in [5, 5.41) is 3.18. The summed E-state index contributed by atoms with van der Waals surface area (Å²) in [7, 11) is 0. The van der Waals surface area contributed by atoms with E-state index in [0.29, 0.717) is 17.9 Å². The summed E-state index contributed by atoms with van der Waals surface area (Å²) < 4.78 is 6.47. The Labute approximate surface area is 163 Å². The quantitative estimate of drug-likeness (QED) is 0.765. The molecule has 0 unspecified atom stereocenters. The molecule has 1 aliphatic rings. The minimum absolute atomic E-state index is 0.0590. The molecule has 0 radical (unpaired) electrons. The van der Waals surface area contributed by atoms with Crippen molar-refractivity contribution in [3.05, 3.63) is 64.1 Å². The van der Waals surface area contributed by atoms with E-state index in [1.807, 2.05) is 31.2 Å². The normalized spacial score (nSPS) is 15.6. The number of amides is 1. The Morgan fingerprint density at radius 3 is 2.62 bits per heavy atom. The average molecular weight is 417 g/mol. The molecule has 138 valence electrons. The molecular formula is C21H25BrN2O2. The first-order valence-corrected chi connectivity index (χ1v) is 9.94. The summed E-state index contributed by atoms with van der Waals surface area (Å²) in [6, 6.07) is 16.3. The zero-order valence-corrected chi connectivity index (χ0v) is 16.7. The highest BCUT2D eigenvalue weighted by molar-refractivity contribution is 9.10. The number of carbonyl (C=O) groups is 1. The molecule has 0 spiro atoms. The lowest BCUT2D eigenvalue weighted by Gasteiger charge is -2.32. The van der Waals surface area contributed by atoms with Gasteiger partial charge < -0.3 is 10.1 Å². The first-order valence-electron chi connectivity index (χ1n) is 9.15. The number of ether oxygens (including phenoxy) is 1. The van der Waals surface area contributed by atoms with Crippen LogP contribution in [-0.4, -0.2) is 36.5 Å². The van der Waals surface area contributed by atoms with Gasteiger partial charge in [-0.05, 0) is 43.5 Å². The van der Waals surface area contributed by atoms with Crippen LogP contribution in [0.2, 0.25) is 0 Å². The Bertz CT molecular complexity index is 728. The molecule has 0 bridgehead atoms. The molecule has 0 aromatic heterocycles. The monoisotopic (exact) mass is 416 g/mol. The van der Waals surface area contributed by atoms with E-state index in [1.54, 1.807) is 0 Å². The van der Waals surface area contributed by atoms with E-state index in [2.05, 4.69) is 50.4 Å². The number of halogens is 1. The molecule has 1 amide bonds. The lowest BCUT2D eigenvalue weighted by molar-refractivity contribution is 0.0905. The fourth-order valence-electron chi connectivity index (χ4n) is 3.30. The Hall–Kier alpha value is -1.85. The van der Waals surface area contributed by atoms with Gasteiger partial charge in [-0.2, -0.15) is 0 Å². The van der Waals surface area contributed by atoms with Crippen molar-refractivity contribution >= 4 is 21.8 Å². The van der Waals surface area contributed by atoms with Crippen molar-refractivity contribution in [2.45, 2.75) is 32.4 Å². The van der Waals surface area contributed by atoms with Gasteiger partial charge in [0.2, 0.25) is 0 Å². The average Bonchev–Trinajstić information content (AvgIpc) is 2.66. The van der Waals surface area contributed by atoms with Gasteiger partial charge >= 0.3 is 0 Å². The second-order valence-corrected chi connectivity index (χ2v) is 7.50. The molecule has 5 heteroatoms. The molecule has 4 nitrogen and oxygen atoms in total. The molecule has 2 aromatic rings. The number of nitrogens with one attached hydrogen (secondary N) is 1. The van der Waals surface area contributed by atoms with Gasteiger partial charge in [-0.3, -0.25) is 9.69 Å². The van der Waals surface area contributed by atoms with Crippen LogP contribution in [0.3, 0.4) is 0 Å².